The third kappa shape index (κ3) is 1.97. The quantitative estimate of drug-likeness (QED) is 0.286. The molecule has 0 aromatic carbocycles. The Morgan fingerprint density at radius 1 is 1.22 bits per heavy atom. The molecule has 1 heterocycles. The van der Waals surface area contributed by atoms with Gasteiger partial charge in [-0.1, -0.05) is 12.8 Å². The standard InChI is InChI=1S/C4H5NO2S.Na.H/c6-3-1-2-4(7)5(3)8;;/h8H,1-2H2;;. The van der Waals surface area contributed by atoms with Crippen LogP contribution in [0.15, 0.2) is 0 Å². The number of thiol groups is 1. The number of hydrogen-bond acceptors (Lipinski definition) is 3. The predicted molar refractivity (Wildman–Crippen MR) is 37.2 cm³/mol. The number of carbonyl (C=O) groups excluding carboxylic acids is 2. The number of imide groups is 1. The SMILES string of the molecule is O=C1CCC(=O)N1S.[NaH]. The summed E-state index contributed by atoms with van der Waals surface area (Å²) in [5.74, 6) is -0.392. The third-order valence-corrected chi connectivity index (χ3v) is 1.47. The van der Waals surface area contributed by atoms with E-state index in [9.17, 15) is 9.59 Å². The second-order valence-corrected chi connectivity index (χ2v) is 2.00. The zero-order valence-corrected chi connectivity index (χ0v) is 5.02. The normalized spacial score (nSPS) is 18.1. The van der Waals surface area contributed by atoms with E-state index in [0.29, 0.717) is 12.8 Å². The van der Waals surface area contributed by atoms with Gasteiger partial charge in [0.25, 0.3) is 0 Å². The van der Waals surface area contributed by atoms with Crippen LogP contribution in [-0.4, -0.2) is 45.7 Å². The maximum atomic E-state index is 10.4. The molecule has 1 fully saturated rings. The molecular formula is C4H6NNaO2S. The van der Waals surface area contributed by atoms with Gasteiger partial charge in [-0.3, -0.25) is 9.59 Å². The van der Waals surface area contributed by atoms with Gasteiger partial charge in [-0.2, -0.15) is 0 Å². The van der Waals surface area contributed by atoms with Gasteiger partial charge in [0.15, 0.2) is 0 Å². The molecule has 1 aliphatic heterocycles. The van der Waals surface area contributed by atoms with Crippen molar-refractivity contribution in [1.82, 2.24) is 4.31 Å². The van der Waals surface area contributed by atoms with E-state index in [1.807, 2.05) is 0 Å². The van der Waals surface area contributed by atoms with Gasteiger partial charge in [0.1, 0.15) is 0 Å². The molecule has 5 heteroatoms. The van der Waals surface area contributed by atoms with Crippen LogP contribution in [0.25, 0.3) is 0 Å². The summed E-state index contributed by atoms with van der Waals surface area (Å²) in [6, 6.07) is 0. The predicted octanol–water partition coefficient (Wildman–Crippen LogP) is -0.668. The summed E-state index contributed by atoms with van der Waals surface area (Å²) in [4.78, 5) is 20.8. The Balaban J connectivity index is 0.000000640. The summed E-state index contributed by atoms with van der Waals surface area (Å²) >= 11 is 3.62. The van der Waals surface area contributed by atoms with Crippen LogP contribution in [0.4, 0.5) is 0 Å². The zero-order valence-electron chi connectivity index (χ0n) is 4.13. The van der Waals surface area contributed by atoms with E-state index in [0.717, 1.165) is 4.31 Å². The average molecular weight is 155 g/mol. The third-order valence-electron chi connectivity index (χ3n) is 1.03. The number of amides is 2. The molecule has 0 saturated carbocycles. The van der Waals surface area contributed by atoms with Crippen LogP contribution in [0.1, 0.15) is 12.8 Å². The van der Waals surface area contributed by atoms with E-state index in [2.05, 4.69) is 12.8 Å². The van der Waals surface area contributed by atoms with E-state index in [1.165, 1.54) is 0 Å². The average Bonchev–Trinajstić information content (AvgIpc) is 1.98. The molecule has 1 saturated heterocycles. The van der Waals surface area contributed by atoms with E-state index in [-0.39, 0.29) is 41.4 Å². The molecule has 0 aromatic heterocycles. The van der Waals surface area contributed by atoms with Crippen LogP contribution in [0.3, 0.4) is 0 Å². The van der Waals surface area contributed by atoms with Gasteiger partial charge in [-0.15, -0.1) is 0 Å². The van der Waals surface area contributed by atoms with Crippen molar-refractivity contribution < 1.29 is 9.59 Å². The van der Waals surface area contributed by atoms with Gasteiger partial charge in [0, 0.05) is 12.8 Å². The molecule has 0 aromatic rings. The number of nitrogens with zero attached hydrogens (tertiary/aromatic N) is 1. The number of hydrogen-bond donors (Lipinski definition) is 1. The summed E-state index contributed by atoms with van der Waals surface area (Å²) in [5.41, 5.74) is 0. The van der Waals surface area contributed by atoms with Gasteiger partial charge in [0.05, 0.1) is 0 Å². The molecule has 0 N–H and O–H groups in total. The van der Waals surface area contributed by atoms with Crippen molar-refractivity contribution in [3.8, 4) is 0 Å². The second-order valence-electron chi connectivity index (χ2n) is 1.60. The van der Waals surface area contributed by atoms with E-state index >= 15 is 0 Å². The van der Waals surface area contributed by atoms with Crippen molar-refractivity contribution in [1.29, 1.82) is 0 Å². The molecule has 46 valence electrons. The Labute approximate surface area is 80.6 Å². The molecule has 0 unspecified atom stereocenters. The molecule has 3 nitrogen and oxygen atoms in total. The van der Waals surface area contributed by atoms with Crippen molar-refractivity contribution in [3.63, 3.8) is 0 Å². The van der Waals surface area contributed by atoms with Crippen LogP contribution in [0, 0.1) is 0 Å². The number of carbonyl (C=O) groups is 2. The van der Waals surface area contributed by atoms with Crippen molar-refractivity contribution in [3.05, 3.63) is 0 Å². The first-order valence-corrected chi connectivity index (χ1v) is 2.66. The van der Waals surface area contributed by atoms with Gasteiger partial charge in [-0.25, -0.2) is 4.31 Å². The first kappa shape index (κ1) is 9.49. The molecule has 0 spiro atoms. The summed E-state index contributed by atoms with van der Waals surface area (Å²) in [7, 11) is 0. The summed E-state index contributed by atoms with van der Waals surface area (Å²) in [6.45, 7) is 0. The van der Waals surface area contributed by atoms with Crippen LogP contribution in [0.5, 0.6) is 0 Å². The fourth-order valence-electron chi connectivity index (χ4n) is 0.565. The summed E-state index contributed by atoms with van der Waals surface area (Å²) in [5, 5.41) is 0. The molecule has 1 aliphatic rings. The van der Waals surface area contributed by atoms with Gasteiger partial charge < -0.3 is 0 Å². The first-order valence-electron chi connectivity index (χ1n) is 2.26. The Morgan fingerprint density at radius 3 is 1.67 bits per heavy atom. The van der Waals surface area contributed by atoms with Crippen LogP contribution in [-0.2, 0) is 9.59 Å². The molecular weight excluding hydrogens is 149 g/mol. The number of rotatable bonds is 0. The van der Waals surface area contributed by atoms with Crippen LogP contribution in [0.2, 0.25) is 0 Å². The maximum absolute atomic E-state index is 10.4. The van der Waals surface area contributed by atoms with Gasteiger partial charge >= 0.3 is 29.6 Å². The fourth-order valence-corrected chi connectivity index (χ4v) is 0.765. The Bertz CT molecular complexity index is 134. The van der Waals surface area contributed by atoms with Crippen molar-refractivity contribution in [2.45, 2.75) is 12.8 Å². The summed E-state index contributed by atoms with van der Waals surface area (Å²) in [6.07, 6.45) is 0.644. The van der Waals surface area contributed by atoms with E-state index in [1.54, 1.807) is 0 Å². The monoisotopic (exact) mass is 155 g/mol. The molecule has 0 bridgehead atoms. The van der Waals surface area contributed by atoms with Gasteiger partial charge in [0.2, 0.25) is 11.8 Å². The molecule has 9 heavy (non-hydrogen) atoms. The molecule has 0 aliphatic carbocycles. The van der Waals surface area contributed by atoms with Crippen molar-refractivity contribution in [2.24, 2.45) is 0 Å². The van der Waals surface area contributed by atoms with Crippen LogP contribution < -0.4 is 0 Å². The minimum atomic E-state index is -0.196. The fraction of sp³-hybridized carbons (Fsp3) is 0.500. The molecule has 0 atom stereocenters. The second kappa shape index (κ2) is 3.61. The topological polar surface area (TPSA) is 37.4 Å². The summed E-state index contributed by atoms with van der Waals surface area (Å²) < 4.78 is 0.861. The van der Waals surface area contributed by atoms with Crippen molar-refractivity contribution >= 4 is 54.2 Å². The Kier molecular flexibility index (Phi) is 3.80. The Morgan fingerprint density at radius 2 is 1.56 bits per heavy atom. The zero-order chi connectivity index (χ0) is 6.15. The first-order chi connectivity index (χ1) is 3.72. The minimum absolute atomic E-state index is 0. The van der Waals surface area contributed by atoms with E-state index in [4.69, 9.17) is 0 Å². The Hall–Kier alpha value is 0.490. The molecule has 1 rings (SSSR count). The van der Waals surface area contributed by atoms with Crippen molar-refractivity contribution in [2.75, 3.05) is 0 Å². The van der Waals surface area contributed by atoms with Crippen LogP contribution >= 0.6 is 12.8 Å². The van der Waals surface area contributed by atoms with Gasteiger partial charge in [-0.05, 0) is 0 Å². The molecule has 2 amide bonds. The van der Waals surface area contributed by atoms with E-state index < -0.39 is 0 Å². The molecule has 0 radical (unpaired) electrons.